The van der Waals surface area contributed by atoms with E-state index in [0.717, 1.165) is 32.4 Å². The molecule has 2 rings (SSSR count). The van der Waals surface area contributed by atoms with Gasteiger partial charge in [-0.1, -0.05) is 49.6 Å². The summed E-state index contributed by atoms with van der Waals surface area (Å²) in [5.74, 6) is 0.725. The Bertz CT molecular complexity index is 604. The van der Waals surface area contributed by atoms with Gasteiger partial charge in [-0.15, -0.1) is 24.0 Å². The van der Waals surface area contributed by atoms with Crippen LogP contribution in [0.4, 0.5) is 0 Å². The van der Waals surface area contributed by atoms with Gasteiger partial charge < -0.3 is 16.0 Å². The Morgan fingerprint density at radius 1 is 1.17 bits per heavy atom. The smallest absolute Gasteiger partial charge is 0.239 e. The molecule has 3 N–H and O–H groups in total. The van der Waals surface area contributed by atoms with Crippen LogP contribution in [0.1, 0.15) is 51.0 Å². The van der Waals surface area contributed by atoms with Crippen LogP contribution >= 0.6 is 24.0 Å². The summed E-state index contributed by atoms with van der Waals surface area (Å²) < 4.78 is 0. The van der Waals surface area contributed by atoms with Gasteiger partial charge in [0, 0.05) is 32.2 Å². The van der Waals surface area contributed by atoms with Crippen LogP contribution in [0.25, 0.3) is 0 Å². The van der Waals surface area contributed by atoms with E-state index in [-0.39, 0.29) is 36.4 Å². The molecule has 6 nitrogen and oxygen atoms in total. The van der Waals surface area contributed by atoms with E-state index in [2.05, 4.69) is 64.1 Å². The zero-order chi connectivity index (χ0) is 20.2. The first-order chi connectivity index (χ1) is 13.6. The van der Waals surface area contributed by atoms with E-state index in [1.807, 2.05) is 6.07 Å². The van der Waals surface area contributed by atoms with Crippen LogP contribution < -0.4 is 16.0 Å². The van der Waals surface area contributed by atoms with Crippen molar-refractivity contribution in [3.05, 3.63) is 35.9 Å². The highest BCUT2D eigenvalue weighted by atomic mass is 127. The van der Waals surface area contributed by atoms with Crippen molar-refractivity contribution in [2.75, 3.05) is 27.2 Å². The van der Waals surface area contributed by atoms with Gasteiger partial charge in [0.05, 0.1) is 6.54 Å². The van der Waals surface area contributed by atoms with Crippen molar-refractivity contribution in [3.63, 3.8) is 0 Å². The van der Waals surface area contributed by atoms with Gasteiger partial charge in [-0.25, -0.2) is 0 Å². The van der Waals surface area contributed by atoms with Gasteiger partial charge in [0.1, 0.15) is 0 Å². The summed E-state index contributed by atoms with van der Waals surface area (Å²) in [6.45, 7) is 4.25. The van der Waals surface area contributed by atoms with Gasteiger partial charge in [-0.3, -0.25) is 14.7 Å². The molecule has 164 valence electrons. The number of aliphatic imine (C=N–C) groups is 1. The first-order valence-electron chi connectivity index (χ1n) is 10.6. The van der Waals surface area contributed by atoms with Crippen LogP contribution in [0, 0.1) is 0 Å². The van der Waals surface area contributed by atoms with Crippen LogP contribution in [0.2, 0.25) is 0 Å². The Kier molecular flexibility index (Phi) is 12.9. The maximum atomic E-state index is 12.1. The van der Waals surface area contributed by atoms with Crippen LogP contribution in [-0.4, -0.2) is 56.0 Å². The van der Waals surface area contributed by atoms with E-state index < -0.39 is 0 Å². The number of rotatable bonds is 9. The fourth-order valence-corrected chi connectivity index (χ4v) is 3.56. The molecule has 7 heteroatoms. The van der Waals surface area contributed by atoms with Crippen LogP contribution in [0.5, 0.6) is 0 Å². The molecule has 1 aromatic carbocycles. The Labute approximate surface area is 193 Å². The lowest BCUT2D eigenvalue weighted by Crippen LogP contribution is -2.46. The molecule has 0 heterocycles. The molecule has 0 aliphatic heterocycles. The van der Waals surface area contributed by atoms with Crippen molar-refractivity contribution in [2.24, 2.45) is 4.99 Å². The highest BCUT2D eigenvalue weighted by Gasteiger charge is 2.15. The number of nitrogens with zero attached hydrogens (tertiary/aromatic N) is 2. The molecule has 1 saturated carbocycles. The van der Waals surface area contributed by atoms with Crippen molar-refractivity contribution in [1.29, 1.82) is 0 Å². The molecule has 1 aromatic rings. The van der Waals surface area contributed by atoms with Crippen molar-refractivity contribution >= 4 is 35.8 Å². The second-order valence-corrected chi connectivity index (χ2v) is 7.79. The molecule has 1 amide bonds. The molecule has 1 fully saturated rings. The summed E-state index contributed by atoms with van der Waals surface area (Å²) >= 11 is 0. The minimum absolute atomic E-state index is 0. The SMILES string of the molecule is CN=C(NCCC(C)N(C)Cc1ccccc1)NCC(=O)NC1CCCCC1.I. The zero-order valence-electron chi connectivity index (χ0n) is 18.1. The number of nitrogens with one attached hydrogen (secondary N) is 3. The van der Waals surface area contributed by atoms with E-state index in [9.17, 15) is 4.79 Å². The largest absolute Gasteiger partial charge is 0.356 e. The maximum Gasteiger partial charge on any atom is 0.239 e. The van der Waals surface area contributed by atoms with Crippen molar-refractivity contribution in [3.8, 4) is 0 Å². The monoisotopic (exact) mass is 515 g/mol. The van der Waals surface area contributed by atoms with Crippen LogP contribution in [-0.2, 0) is 11.3 Å². The third-order valence-electron chi connectivity index (χ3n) is 5.49. The number of carbonyl (C=O) groups is 1. The summed E-state index contributed by atoms with van der Waals surface area (Å²) in [4.78, 5) is 18.7. The van der Waals surface area contributed by atoms with Gasteiger partial charge in [0.2, 0.25) is 5.91 Å². The third-order valence-corrected chi connectivity index (χ3v) is 5.49. The number of halogens is 1. The fraction of sp³-hybridized carbons (Fsp3) is 0.636. The zero-order valence-corrected chi connectivity index (χ0v) is 20.4. The van der Waals surface area contributed by atoms with E-state index in [0.29, 0.717) is 18.0 Å². The van der Waals surface area contributed by atoms with Gasteiger partial charge >= 0.3 is 0 Å². The maximum absolute atomic E-state index is 12.1. The second kappa shape index (κ2) is 14.6. The highest BCUT2D eigenvalue weighted by molar-refractivity contribution is 14.0. The fourth-order valence-electron chi connectivity index (χ4n) is 3.56. The summed E-state index contributed by atoms with van der Waals surface area (Å²) in [6.07, 6.45) is 6.94. The number of benzene rings is 1. The van der Waals surface area contributed by atoms with Gasteiger partial charge in [-0.2, -0.15) is 0 Å². The van der Waals surface area contributed by atoms with E-state index in [4.69, 9.17) is 0 Å². The number of guanidine groups is 1. The van der Waals surface area contributed by atoms with Crippen LogP contribution in [0.3, 0.4) is 0 Å². The van der Waals surface area contributed by atoms with Crippen molar-refractivity contribution in [1.82, 2.24) is 20.9 Å². The lowest BCUT2D eigenvalue weighted by molar-refractivity contribution is -0.120. The Morgan fingerprint density at radius 3 is 2.52 bits per heavy atom. The third kappa shape index (κ3) is 10.3. The second-order valence-electron chi connectivity index (χ2n) is 7.79. The molecule has 0 spiro atoms. The van der Waals surface area contributed by atoms with Crippen LogP contribution in [0.15, 0.2) is 35.3 Å². The van der Waals surface area contributed by atoms with Gasteiger partial charge in [-0.05, 0) is 38.8 Å². The highest BCUT2D eigenvalue weighted by Crippen LogP contribution is 2.17. The quantitative estimate of drug-likeness (QED) is 0.269. The van der Waals surface area contributed by atoms with Crippen molar-refractivity contribution in [2.45, 2.75) is 64.1 Å². The molecule has 0 aromatic heterocycles. The lowest BCUT2D eigenvalue weighted by atomic mass is 9.95. The predicted octanol–water partition coefficient (Wildman–Crippen LogP) is 3.13. The molecule has 0 bridgehead atoms. The molecular formula is C22H38IN5O. The summed E-state index contributed by atoms with van der Waals surface area (Å²) in [5, 5.41) is 9.54. The molecule has 0 saturated heterocycles. The Balaban J connectivity index is 0.00000420. The topological polar surface area (TPSA) is 68.8 Å². The Morgan fingerprint density at radius 2 is 1.86 bits per heavy atom. The summed E-state index contributed by atoms with van der Waals surface area (Å²) in [6, 6.07) is 11.3. The lowest BCUT2D eigenvalue weighted by Gasteiger charge is -2.25. The van der Waals surface area contributed by atoms with E-state index >= 15 is 0 Å². The molecule has 1 aliphatic rings. The minimum Gasteiger partial charge on any atom is -0.356 e. The number of hydrogen-bond donors (Lipinski definition) is 3. The molecule has 1 aliphatic carbocycles. The number of carbonyl (C=O) groups excluding carboxylic acids is 1. The molecule has 1 atom stereocenters. The van der Waals surface area contributed by atoms with Gasteiger partial charge in [0.25, 0.3) is 0 Å². The first kappa shape index (κ1) is 25.7. The Hall–Kier alpha value is -1.35. The number of amides is 1. The molecule has 29 heavy (non-hydrogen) atoms. The van der Waals surface area contributed by atoms with Gasteiger partial charge in [0.15, 0.2) is 5.96 Å². The molecule has 0 radical (unpaired) electrons. The predicted molar refractivity (Wildman–Crippen MR) is 132 cm³/mol. The molecular weight excluding hydrogens is 477 g/mol. The van der Waals surface area contributed by atoms with Crippen molar-refractivity contribution < 1.29 is 4.79 Å². The number of hydrogen-bond acceptors (Lipinski definition) is 3. The normalized spacial score (nSPS) is 16.1. The van der Waals surface area contributed by atoms with E-state index in [1.54, 1.807) is 7.05 Å². The summed E-state index contributed by atoms with van der Waals surface area (Å²) in [7, 11) is 3.89. The standard InChI is InChI=1S/C22H37N5O.HI/c1-18(27(3)17-19-10-6-4-7-11-19)14-15-24-22(23-2)25-16-21(28)26-20-12-8-5-9-13-20;/h4,6-7,10-11,18,20H,5,8-9,12-17H2,1-3H3,(H,26,28)(H2,23,24,25);1H. The molecule has 1 unspecified atom stereocenters. The first-order valence-corrected chi connectivity index (χ1v) is 10.6. The average Bonchev–Trinajstić information content (AvgIpc) is 2.71. The minimum atomic E-state index is 0. The van der Waals surface area contributed by atoms with E-state index in [1.165, 1.54) is 24.8 Å². The summed E-state index contributed by atoms with van der Waals surface area (Å²) in [5.41, 5.74) is 1.33. The average molecular weight is 515 g/mol.